The smallest absolute Gasteiger partial charge is 0.0118 e. The van der Waals surface area contributed by atoms with Gasteiger partial charge >= 0.3 is 0 Å². The topological polar surface area (TPSA) is 0 Å². The van der Waals surface area contributed by atoms with Crippen molar-refractivity contribution in [2.24, 2.45) is 11.8 Å². The van der Waals surface area contributed by atoms with Crippen molar-refractivity contribution in [2.75, 3.05) is 0 Å². The number of benzene rings is 1. The lowest BCUT2D eigenvalue weighted by Crippen LogP contribution is -2.21. The fourth-order valence-electron chi connectivity index (χ4n) is 3.61. The summed E-state index contributed by atoms with van der Waals surface area (Å²) in [5.74, 6) is 1.32. The molecule has 0 heteroatoms. The number of hydrogen-bond donors (Lipinski definition) is 0. The molecule has 2 aliphatic rings. The Kier molecular flexibility index (Phi) is 3.68. The molecule has 1 atom stereocenters. The lowest BCUT2D eigenvalue weighted by molar-refractivity contribution is 0.318. The van der Waals surface area contributed by atoms with Gasteiger partial charge in [0, 0.05) is 5.92 Å². The predicted octanol–water partition coefficient (Wildman–Crippen LogP) is 5.39. The van der Waals surface area contributed by atoms with Crippen molar-refractivity contribution in [3.63, 3.8) is 0 Å². The van der Waals surface area contributed by atoms with Crippen molar-refractivity contribution in [3.8, 4) is 0 Å². The van der Waals surface area contributed by atoms with Gasteiger partial charge in [-0.2, -0.15) is 0 Å². The molecule has 0 aliphatic heterocycles. The molecule has 0 bridgehead atoms. The van der Waals surface area contributed by atoms with Gasteiger partial charge in [0.2, 0.25) is 0 Å². The molecule has 0 radical (unpaired) electrons. The van der Waals surface area contributed by atoms with Gasteiger partial charge in [0.15, 0.2) is 0 Å². The monoisotopic (exact) mass is 250 g/mol. The second kappa shape index (κ2) is 5.61. The summed E-state index contributed by atoms with van der Waals surface area (Å²) in [6, 6.07) is 10.8. The maximum absolute atomic E-state index is 4.32. The van der Waals surface area contributed by atoms with Crippen LogP contribution in [0.1, 0.15) is 37.7 Å². The van der Waals surface area contributed by atoms with Gasteiger partial charge in [0.25, 0.3) is 0 Å². The summed E-state index contributed by atoms with van der Waals surface area (Å²) in [4.78, 5) is 0. The van der Waals surface area contributed by atoms with E-state index in [-0.39, 0.29) is 0 Å². The van der Waals surface area contributed by atoms with E-state index in [1.807, 2.05) is 0 Å². The summed E-state index contributed by atoms with van der Waals surface area (Å²) < 4.78 is 0. The molecule has 0 heterocycles. The molecule has 0 spiro atoms. The Bertz CT molecular complexity index is 498. The second-order valence-electron chi connectivity index (χ2n) is 5.80. The Morgan fingerprint density at radius 2 is 1.68 bits per heavy atom. The highest BCUT2D eigenvalue weighted by atomic mass is 14.3. The third-order valence-electron chi connectivity index (χ3n) is 4.55. The van der Waals surface area contributed by atoms with Crippen LogP contribution in [0.2, 0.25) is 0 Å². The van der Waals surface area contributed by atoms with Crippen LogP contribution in [0, 0.1) is 11.8 Å². The minimum absolute atomic E-state index is 0.535. The highest BCUT2D eigenvalue weighted by Gasteiger charge is 2.29. The zero-order chi connectivity index (χ0) is 13.1. The Labute approximate surface area is 116 Å². The summed E-state index contributed by atoms with van der Waals surface area (Å²) in [6.45, 7) is 4.32. The van der Waals surface area contributed by atoms with Crippen LogP contribution < -0.4 is 0 Å². The van der Waals surface area contributed by atoms with Gasteiger partial charge in [0.1, 0.15) is 0 Å². The van der Waals surface area contributed by atoms with Crippen LogP contribution in [-0.2, 0) is 0 Å². The summed E-state index contributed by atoms with van der Waals surface area (Å²) in [6.07, 6.45) is 13.6. The van der Waals surface area contributed by atoms with E-state index in [1.165, 1.54) is 48.8 Å². The van der Waals surface area contributed by atoms with Crippen LogP contribution in [0.5, 0.6) is 0 Å². The summed E-state index contributed by atoms with van der Waals surface area (Å²) >= 11 is 0. The molecule has 2 aliphatic carbocycles. The lowest BCUT2D eigenvalue weighted by atomic mass is 9.70. The minimum atomic E-state index is 0.535. The molecule has 0 N–H and O–H groups in total. The summed E-state index contributed by atoms with van der Waals surface area (Å²) in [7, 11) is 0. The fourth-order valence-corrected chi connectivity index (χ4v) is 3.61. The summed E-state index contributed by atoms with van der Waals surface area (Å²) in [5, 5.41) is 0. The molecule has 1 saturated carbocycles. The Morgan fingerprint density at radius 3 is 2.42 bits per heavy atom. The van der Waals surface area contributed by atoms with E-state index in [2.05, 4.69) is 55.1 Å². The highest BCUT2D eigenvalue weighted by Crippen LogP contribution is 2.43. The maximum Gasteiger partial charge on any atom is 0.0118 e. The quantitative estimate of drug-likeness (QED) is 0.660. The first kappa shape index (κ1) is 12.5. The van der Waals surface area contributed by atoms with Crippen molar-refractivity contribution < 1.29 is 0 Å². The average Bonchev–Trinajstić information content (AvgIpc) is 2.49. The molecular formula is C19H22. The van der Waals surface area contributed by atoms with Gasteiger partial charge in [-0.15, -0.1) is 0 Å². The summed E-state index contributed by atoms with van der Waals surface area (Å²) in [5.41, 5.74) is 4.14. The standard InChI is InChI=1S/C19H22/c1-15-9-8-14-18(16-10-4-2-5-11-16)19(15)17-12-6-3-7-13-17/h2,4-5,8-11,14,17,19H,1,3,6-7,12-13H2. The van der Waals surface area contributed by atoms with Gasteiger partial charge in [-0.1, -0.05) is 74.4 Å². The average molecular weight is 250 g/mol. The van der Waals surface area contributed by atoms with Crippen molar-refractivity contribution in [1.82, 2.24) is 0 Å². The maximum atomic E-state index is 4.32. The number of rotatable bonds is 2. The van der Waals surface area contributed by atoms with E-state index in [9.17, 15) is 0 Å². The van der Waals surface area contributed by atoms with E-state index >= 15 is 0 Å². The van der Waals surface area contributed by atoms with Crippen molar-refractivity contribution in [2.45, 2.75) is 32.1 Å². The molecule has 3 rings (SSSR count). The second-order valence-corrected chi connectivity index (χ2v) is 5.80. The molecule has 1 fully saturated rings. The molecule has 1 aromatic carbocycles. The largest absolute Gasteiger partial charge is 0.0952 e. The van der Waals surface area contributed by atoms with Gasteiger partial charge in [0.05, 0.1) is 0 Å². The van der Waals surface area contributed by atoms with Crippen LogP contribution >= 0.6 is 0 Å². The van der Waals surface area contributed by atoms with E-state index < -0.39 is 0 Å². The first-order chi connectivity index (χ1) is 9.36. The van der Waals surface area contributed by atoms with Gasteiger partial charge in [-0.3, -0.25) is 0 Å². The first-order valence-electron chi connectivity index (χ1n) is 7.49. The van der Waals surface area contributed by atoms with E-state index in [4.69, 9.17) is 0 Å². The van der Waals surface area contributed by atoms with Crippen molar-refractivity contribution in [3.05, 3.63) is 66.3 Å². The van der Waals surface area contributed by atoms with Crippen LogP contribution in [0.15, 0.2) is 60.7 Å². The molecular weight excluding hydrogens is 228 g/mol. The molecule has 19 heavy (non-hydrogen) atoms. The molecule has 0 aromatic heterocycles. The van der Waals surface area contributed by atoms with Crippen LogP contribution in [0.25, 0.3) is 5.57 Å². The van der Waals surface area contributed by atoms with Crippen LogP contribution in [0.4, 0.5) is 0 Å². The zero-order valence-electron chi connectivity index (χ0n) is 11.5. The lowest BCUT2D eigenvalue weighted by Gasteiger charge is -2.34. The highest BCUT2D eigenvalue weighted by molar-refractivity contribution is 5.74. The molecule has 98 valence electrons. The van der Waals surface area contributed by atoms with Crippen molar-refractivity contribution in [1.29, 1.82) is 0 Å². The van der Waals surface area contributed by atoms with Gasteiger partial charge in [-0.05, 0) is 35.5 Å². The Balaban J connectivity index is 1.93. The van der Waals surface area contributed by atoms with E-state index in [1.54, 1.807) is 0 Å². The Morgan fingerprint density at radius 1 is 0.947 bits per heavy atom. The molecule has 0 amide bonds. The Hall–Kier alpha value is -1.56. The van der Waals surface area contributed by atoms with Crippen LogP contribution in [0.3, 0.4) is 0 Å². The van der Waals surface area contributed by atoms with Crippen molar-refractivity contribution >= 4 is 5.57 Å². The third-order valence-corrected chi connectivity index (χ3v) is 4.55. The molecule has 1 unspecified atom stereocenters. The number of allylic oxidation sites excluding steroid dienone is 5. The zero-order valence-corrected chi connectivity index (χ0v) is 11.5. The van der Waals surface area contributed by atoms with Gasteiger partial charge in [-0.25, -0.2) is 0 Å². The van der Waals surface area contributed by atoms with Gasteiger partial charge < -0.3 is 0 Å². The third kappa shape index (κ3) is 2.58. The molecule has 1 aromatic rings. The predicted molar refractivity (Wildman–Crippen MR) is 82.8 cm³/mol. The van der Waals surface area contributed by atoms with E-state index in [0.29, 0.717) is 5.92 Å². The van der Waals surface area contributed by atoms with E-state index in [0.717, 1.165) is 5.92 Å². The first-order valence-corrected chi connectivity index (χ1v) is 7.49. The molecule has 0 saturated heterocycles. The normalized spacial score (nSPS) is 24.3. The number of hydrogen-bond acceptors (Lipinski definition) is 0. The minimum Gasteiger partial charge on any atom is -0.0952 e. The fraction of sp³-hybridized carbons (Fsp3) is 0.368. The molecule has 0 nitrogen and oxygen atoms in total. The van der Waals surface area contributed by atoms with Crippen LogP contribution in [-0.4, -0.2) is 0 Å². The SMILES string of the molecule is C=C1C=CC=C(c2ccccc2)C1C1CCCCC1.